The van der Waals surface area contributed by atoms with Gasteiger partial charge in [-0.1, -0.05) is 31.4 Å². The normalized spacial score (nSPS) is 23.6. The van der Waals surface area contributed by atoms with Crippen molar-refractivity contribution in [2.75, 3.05) is 50.8 Å². The zero-order valence-corrected chi connectivity index (χ0v) is 16.9. The fourth-order valence-corrected chi connectivity index (χ4v) is 4.90. The molecule has 150 valence electrons. The first-order valence-corrected chi connectivity index (χ1v) is 11.2. The van der Waals surface area contributed by atoms with Gasteiger partial charge in [-0.2, -0.15) is 0 Å². The number of nitrogens with zero attached hydrogens (tertiary/aromatic N) is 2. The minimum absolute atomic E-state index is 0.726. The summed E-state index contributed by atoms with van der Waals surface area (Å²) in [6, 6.07) is 10.0. The number of benzene rings is 1. The van der Waals surface area contributed by atoms with Gasteiger partial charge >= 0.3 is 0 Å². The van der Waals surface area contributed by atoms with Crippen LogP contribution in [0.2, 0.25) is 0 Å². The Morgan fingerprint density at radius 2 is 1.56 bits per heavy atom. The van der Waals surface area contributed by atoms with Crippen LogP contribution in [0.4, 0.5) is 5.69 Å². The number of anilines is 1. The number of hydrogen-bond donors (Lipinski definition) is 1. The Bertz CT molecular complexity index is 541. The zero-order chi connectivity index (χ0) is 18.3. The van der Waals surface area contributed by atoms with E-state index in [1.807, 2.05) is 0 Å². The Balaban J connectivity index is 1.19. The maximum Gasteiger partial charge on any atom is 0.0594 e. The van der Waals surface area contributed by atoms with E-state index in [-0.39, 0.29) is 0 Å². The lowest BCUT2D eigenvalue weighted by Crippen LogP contribution is -2.44. The van der Waals surface area contributed by atoms with Gasteiger partial charge in [0.2, 0.25) is 0 Å². The van der Waals surface area contributed by atoms with E-state index in [1.165, 1.54) is 75.8 Å². The lowest BCUT2D eigenvalue weighted by Gasteiger charge is -2.35. The molecule has 0 unspecified atom stereocenters. The van der Waals surface area contributed by atoms with E-state index in [1.54, 1.807) is 0 Å². The van der Waals surface area contributed by atoms with E-state index >= 15 is 0 Å². The van der Waals surface area contributed by atoms with Gasteiger partial charge in [-0.25, -0.2) is 0 Å². The molecule has 2 heterocycles. The number of piperidine rings is 1. The van der Waals surface area contributed by atoms with Crippen LogP contribution in [-0.4, -0.2) is 56.9 Å². The highest BCUT2D eigenvalue weighted by Gasteiger charge is 2.21. The Hall–Kier alpha value is -1.10. The van der Waals surface area contributed by atoms with Crippen LogP contribution in [0.15, 0.2) is 24.3 Å². The monoisotopic (exact) mass is 371 g/mol. The second-order valence-electron chi connectivity index (χ2n) is 8.73. The Labute approximate surface area is 165 Å². The van der Waals surface area contributed by atoms with Crippen molar-refractivity contribution >= 4 is 5.69 Å². The molecule has 3 fully saturated rings. The Morgan fingerprint density at radius 1 is 0.852 bits per heavy atom. The van der Waals surface area contributed by atoms with Crippen LogP contribution in [-0.2, 0) is 11.3 Å². The van der Waals surface area contributed by atoms with Gasteiger partial charge in [0.1, 0.15) is 0 Å². The first-order valence-electron chi connectivity index (χ1n) is 11.2. The van der Waals surface area contributed by atoms with Gasteiger partial charge in [0.05, 0.1) is 13.2 Å². The molecule has 0 amide bonds. The predicted octanol–water partition coefficient (Wildman–Crippen LogP) is 3.66. The third kappa shape index (κ3) is 5.69. The number of rotatable bonds is 6. The Kier molecular flexibility index (Phi) is 7.05. The van der Waals surface area contributed by atoms with Gasteiger partial charge in [0, 0.05) is 44.5 Å². The zero-order valence-electron chi connectivity index (χ0n) is 16.9. The van der Waals surface area contributed by atoms with E-state index in [0.29, 0.717) is 0 Å². The van der Waals surface area contributed by atoms with Gasteiger partial charge in [-0.15, -0.1) is 0 Å². The summed E-state index contributed by atoms with van der Waals surface area (Å²) in [5, 5.41) is 3.88. The molecule has 0 atom stereocenters. The Morgan fingerprint density at radius 3 is 2.26 bits per heavy atom. The van der Waals surface area contributed by atoms with Crippen LogP contribution >= 0.6 is 0 Å². The van der Waals surface area contributed by atoms with Gasteiger partial charge in [0.25, 0.3) is 0 Å². The summed E-state index contributed by atoms with van der Waals surface area (Å²) in [6.07, 6.45) is 9.81. The molecular weight excluding hydrogens is 334 g/mol. The van der Waals surface area contributed by atoms with Gasteiger partial charge in [-0.05, 0) is 55.8 Å². The summed E-state index contributed by atoms with van der Waals surface area (Å²) < 4.78 is 5.44. The highest BCUT2D eigenvalue weighted by molar-refractivity contribution is 5.48. The molecule has 2 saturated heterocycles. The van der Waals surface area contributed by atoms with Crippen molar-refractivity contribution in [3.8, 4) is 0 Å². The van der Waals surface area contributed by atoms with Gasteiger partial charge < -0.3 is 15.0 Å². The maximum atomic E-state index is 5.44. The van der Waals surface area contributed by atoms with Gasteiger partial charge in [-0.3, -0.25) is 4.90 Å². The predicted molar refractivity (Wildman–Crippen MR) is 112 cm³/mol. The highest BCUT2D eigenvalue weighted by atomic mass is 16.5. The molecule has 4 nitrogen and oxygen atoms in total. The van der Waals surface area contributed by atoms with Crippen molar-refractivity contribution in [3.05, 3.63) is 29.8 Å². The molecule has 0 spiro atoms. The molecule has 2 aliphatic heterocycles. The lowest BCUT2D eigenvalue weighted by molar-refractivity contribution is 0.0342. The molecule has 0 bridgehead atoms. The van der Waals surface area contributed by atoms with Crippen molar-refractivity contribution < 1.29 is 4.74 Å². The van der Waals surface area contributed by atoms with Crippen LogP contribution in [0.25, 0.3) is 0 Å². The van der Waals surface area contributed by atoms with Crippen LogP contribution in [0.5, 0.6) is 0 Å². The second kappa shape index (κ2) is 9.90. The van der Waals surface area contributed by atoms with Crippen LogP contribution in [0.3, 0.4) is 0 Å². The van der Waals surface area contributed by atoms with E-state index in [9.17, 15) is 0 Å². The molecular formula is C23H37N3O. The minimum Gasteiger partial charge on any atom is -0.379 e. The summed E-state index contributed by atoms with van der Waals surface area (Å²) in [5.74, 6) is 0.941. The molecule has 3 aliphatic rings. The lowest BCUT2D eigenvalue weighted by atomic mass is 9.89. The smallest absolute Gasteiger partial charge is 0.0594 e. The first kappa shape index (κ1) is 19.2. The van der Waals surface area contributed by atoms with Crippen LogP contribution < -0.4 is 10.2 Å². The molecule has 4 rings (SSSR count). The first-order chi connectivity index (χ1) is 13.4. The number of hydrogen-bond acceptors (Lipinski definition) is 4. The van der Waals surface area contributed by atoms with Crippen molar-refractivity contribution in [3.63, 3.8) is 0 Å². The molecule has 1 saturated carbocycles. The van der Waals surface area contributed by atoms with E-state index in [4.69, 9.17) is 4.74 Å². The molecule has 1 aromatic carbocycles. The molecule has 1 N–H and O–H groups in total. The number of nitrogens with one attached hydrogen (secondary N) is 1. The summed E-state index contributed by atoms with van der Waals surface area (Å²) >= 11 is 0. The average Bonchev–Trinajstić information content (AvgIpc) is 2.75. The molecule has 1 aromatic rings. The average molecular weight is 372 g/mol. The summed E-state index contributed by atoms with van der Waals surface area (Å²) in [6.45, 7) is 8.55. The van der Waals surface area contributed by atoms with E-state index in [2.05, 4.69) is 39.4 Å². The van der Waals surface area contributed by atoms with Crippen molar-refractivity contribution in [1.82, 2.24) is 10.2 Å². The largest absolute Gasteiger partial charge is 0.379 e. The van der Waals surface area contributed by atoms with Crippen LogP contribution in [0, 0.1) is 5.92 Å². The molecule has 4 heteroatoms. The quantitative estimate of drug-likeness (QED) is 0.826. The molecule has 27 heavy (non-hydrogen) atoms. The van der Waals surface area contributed by atoms with E-state index in [0.717, 1.165) is 44.8 Å². The van der Waals surface area contributed by atoms with Crippen molar-refractivity contribution in [2.24, 2.45) is 5.92 Å². The molecule has 0 aromatic heterocycles. The third-order valence-corrected chi connectivity index (χ3v) is 6.73. The molecule has 0 radical (unpaired) electrons. The van der Waals surface area contributed by atoms with Crippen molar-refractivity contribution in [1.29, 1.82) is 0 Å². The second-order valence-corrected chi connectivity index (χ2v) is 8.73. The summed E-state index contributed by atoms with van der Waals surface area (Å²) in [5.41, 5.74) is 2.82. The molecule has 1 aliphatic carbocycles. The fourth-order valence-electron chi connectivity index (χ4n) is 4.90. The number of ether oxygens (including phenoxy) is 1. The van der Waals surface area contributed by atoms with Crippen molar-refractivity contribution in [2.45, 2.75) is 57.5 Å². The third-order valence-electron chi connectivity index (χ3n) is 6.73. The standard InChI is InChI=1S/C23H37N3O/c1-2-4-20(5-3-1)18-24-22-10-12-26(13-11-22)23-8-6-21(7-9-23)19-25-14-16-27-17-15-25/h6-9,20,22,24H,1-5,10-19H2. The SMILES string of the molecule is c1cc(N2CCC(NCC3CCCCC3)CC2)ccc1CN1CCOCC1. The topological polar surface area (TPSA) is 27.7 Å². The van der Waals surface area contributed by atoms with Gasteiger partial charge in [0.15, 0.2) is 0 Å². The minimum atomic E-state index is 0.726. The highest BCUT2D eigenvalue weighted by Crippen LogP contribution is 2.24. The fraction of sp³-hybridized carbons (Fsp3) is 0.739. The summed E-state index contributed by atoms with van der Waals surface area (Å²) in [4.78, 5) is 5.05. The number of morpholine rings is 1. The summed E-state index contributed by atoms with van der Waals surface area (Å²) in [7, 11) is 0. The maximum absolute atomic E-state index is 5.44. The van der Waals surface area contributed by atoms with Crippen LogP contribution in [0.1, 0.15) is 50.5 Å². The van der Waals surface area contributed by atoms with E-state index < -0.39 is 0 Å².